The summed E-state index contributed by atoms with van der Waals surface area (Å²) in [5.41, 5.74) is 7.67. The van der Waals surface area contributed by atoms with Crippen molar-refractivity contribution in [2.45, 2.75) is 20.3 Å². The number of amides is 1. The number of nitrogens with two attached hydrogens (primary N) is 1. The molecule has 2 aromatic rings. The largest absolute Gasteiger partial charge is 0.396 e. The molecule has 0 saturated heterocycles. The molecule has 2 aromatic heterocycles. The Bertz CT molecular complexity index is 580. The third-order valence-corrected chi connectivity index (χ3v) is 3.71. The molecular weight excluding hydrogens is 272 g/mol. The third kappa shape index (κ3) is 3.33. The first kappa shape index (κ1) is 14.5. The minimum atomic E-state index is -0.164. The summed E-state index contributed by atoms with van der Waals surface area (Å²) in [7, 11) is 0. The molecule has 0 aromatic carbocycles. The minimum Gasteiger partial charge on any atom is -0.396 e. The molecule has 0 aliphatic carbocycles. The second kappa shape index (κ2) is 6.47. The van der Waals surface area contributed by atoms with Crippen LogP contribution in [0.5, 0.6) is 0 Å². The van der Waals surface area contributed by atoms with Gasteiger partial charge in [0, 0.05) is 12.7 Å². The summed E-state index contributed by atoms with van der Waals surface area (Å²) in [5, 5.41) is 2.87. The summed E-state index contributed by atoms with van der Waals surface area (Å²) < 4.78 is 4.24. The van der Waals surface area contributed by atoms with Gasteiger partial charge in [-0.25, -0.2) is 0 Å². The second-order valence-electron chi connectivity index (χ2n) is 4.93. The van der Waals surface area contributed by atoms with Gasteiger partial charge in [0.1, 0.15) is 10.6 Å². The number of nitrogens with one attached hydrogen (secondary N) is 1. The maximum absolute atomic E-state index is 12.1. The van der Waals surface area contributed by atoms with Gasteiger partial charge < -0.3 is 11.1 Å². The summed E-state index contributed by atoms with van der Waals surface area (Å²) in [6.07, 6.45) is 2.62. The van der Waals surface area contributed by atoms with Crippen molar-refractivity contribution in [1.82, 2.24) is 14.7 Å². The summed E-state index contributed by atoms with van der Waals surface area (Å²) in [6, 6.07) is 5.51. The fraction of sp³-hybridized carbons (Fsp3) is 0.357. The quantitative estimate of drug-likeness (QED) is 0.886. The van der Waals surface area contributed by atoms with Crippen LogP contribution in [0.15, 0.2) is 24.4 Å². The Morgan fingerprint density at radius 2 is 2.25 bits per heavy atom. The molecule has 2 rings (SSSR count). The second-order valence-corrected chi connectivity index (χ2v) is 5.70. The lowest BCUT2D eigenvalue weighted by Crippen LogP contribution is -2.25. The fourth-order valence-electron chi connectivity index (χ4n) is 1.70. The topological polar surface area (TPSA) is 80.9 Å². The van der Waals surface area contributed by atoms with E-state index in [-0.39, 0.29) is 5.91 Å². The first-order valence-electron chi connectivity index (χ1n) is 6.54. The van der Waals surface area contributed by atoms with Gasteiger partial charge in [-0.2, -0.15) is 4.37 Å². The first-order chi connectivity index (χ1) is 9.59. The number of nitrogens with zero attached hydrogens (tertiary/aromatic N) is 2. The van der Waals surface area contributed by atoms with Gasteiger partial charge in [0.25, 0.3) is 5.91 Å². The number of rotatable bonds is 5. The molecule has 0 spiro atoms. The molecule has 0 atom stereocenters. The SMILES string of the molecule is CC(C)CCNC(=O)c1snc(-c2ccccn2)c1N. The summed E-state index contributed by atoms with van der Waals surface area (Å²) >= 11 is 1.11. The van der Waals surface area contributed by atoms with Crippen LogP contribution in [0, 0.1) is 5.92 Å². The predicted molar refractivity (Wildman–Crippen MR) is 81.5 cm³/mol. The van der Waals surface area contributed by atoms with Crippen LogP contribution in [0.1, 0.15) is 29.9 Å². The zero-order valence-electron chi connectivity index (χ0n) is 11.6. The summed E-state index contributed by atoms with van der Waals surface area (Å²) in [4.78, 5) is 16.7. The standard InChI is InChI=1S/C14H18N4OS/c1-9(2)6-8-17-14(19)13-11(15)12(18-20-13)10-5-3-4-7-16-10/h3-5,7,9H,6,8,15H2,1-2H3,(H,17,19). The maximum Gasteiger partial charge on any atom is 0.265 e. The van der Waals surface area contributed by atoms with Crippen molar-refractivity contribution < 1.29 is 4.79 Å². The van der Waals surface area contributed by atoms with Gasteiger partial charge in [0.05, 0.1) is 11.4 Å². The van der Waals surface area contributed by atoms with Crippen LogP contribution in [-0.4, -0.2) is 21.8 Å². The molecule has 20 heavy (non-hydrogen) atoms. The van der Waals surface area contributed by atoms with Crippen LogP contribution in [0.4, 0.5) is 5.69 Å². The normalized spacial score (nSPS) is 10.8. The lowest BCUT2D eigenvalue weighted by molar-refractivity contribution is 0.0957. The van der Waals surface area contributed by atoms with Gasteiger partial charge in [-0.1, -0.05) is 19.9 Å². The fourth-order valence-corrected chi connectivity index (χ4v) is 2.43. The zero-order chi connectivity index (χ0) is 14.5. The summed E-state index contributed by atoms with van der Waals surface area (Å²) in [5.74, 6) is 0.390. The number of hydrogen-bond acceptors (Lipinski definition) is 5. The van der Waals surface area contributed by atoms with E-state index in [1.54, 1.807) is 6.20 Å². The molecule has 2 heterocycles. The van der Waals surface area contributed by atoms with E-state index in [0.717, 1.165) is 18.0 Å². The van der Waals surface area contributed by atoms with Gasteiger partial charge in [-0.3, -0.25) is 9.78 Å². The van der Waals surface area contributed by atoms with Gasteiger partial charge in [-0.05, 0) is 36.0 Å². The number of aromatic nitrogens is 2. The van der Waals surface area contributed by atoms with Crippen molar-refractivity contribution in [2.75, 3.05) is 12.3 Å². The molecular formula is C14H18N4OS. The number of anilines is 1. The van der Waals surface area contributed by atoms with E-state index < -0.39 is 0 Å². The van der Waals surface area contributed by atoms with Crippen molar-refractivity contribution >= 4 is 23.1 Å². The molecule has 0 radical (unpaired) electrons. The van der Waals surface area contributed by atoms with E-state index in [4.69, 9.17) is 5.73 Å². The molecule has 0 aliphatic rings. The molecule has 0 saturated carbocycles. The van der Waals surface area contributed by atoms with Crippen LogP contribution in [0.3, 0.4) is 0 Å². The first-order valence-corrected chi connectivity index (χ1v) is 7.31. The average molecular weight is 290 g/mol. The van der Waals surface area contributed by atoms with Crippen LogP contribution < -0.4 is 11.1 Å². The van der Waals surface area contributed by atoms with E-state index in [1.807, 2.05) is 18.2 Å². The van der Waals surface area contributed by atoms with Crippen LogP contribution in [-0.2, 0) is 0 Å². The smallest absolute Gasteiger partial charge is 0.265 e. The highest BCUT2D eigenvalue weighted by Gasteiger charge is 2.18. The van der Waals surface area contributed by atoms with Crippen LogP contribution in [0.25, 0.3) is 11.4 Å². The molecule has 0 bridgehead atoms. The molecule has 106 valence electrons. The predicted octanol–water partition coefficient (Wildman–Crippen LogP) is 2.56. The zero-order valence-corrected chi connectivity index (χ0v) is 12.4. The lowest BCUT2D eigenvalue weighted by Gasteiger charge is -2.06. The van der Waals surface area contributed by atoms with E-state index in [0.29, 0.717) is 34.4 Å². The highest BCUT2D eigenvalue weighted by molar-refractivity contribution is 7.09. The van der Waals surface area contributed by atoms with E-state index in [2.05, 4.69) is 28.5 Å². The number of carbonyl (C=O) groups excluding carboxylic acids is 1. The van der Waals surface area contributed by atoms with Gasteiger partial charge in [0.2, 0.25) is 0 Å². The Hall–Kier alpha value is -1.95. The van der Waals surface area contributed by atoms with Gasteiger partial charge >= 0.3 is 0 Å². The Kier molecular flexibility index (Phi) is 4.68. The van der Waals surface area contributed by atoms with E-state index >= 15 is 0 Å². The molecule has 0 aliphatic heterocycles. The Morgan fingerprint density at radius 1 is 1.45 bits per heavy atom. The average Bonchev–Trinajstić information content (AvgIpc) is 2.81. The Balaban J connectivity index is 2.11. The number of carbonyl (C=O) groups is 1. The molecule has 3 N–H and O–H groups in total. The number of pyridine rings is 1. The highest BCUT2D eigenvalue weighted by atomic mass is 32.1. The number of hydrogen-bond donors (Lipinski definition) is 2. The van der Waals surface area contributed by atoms with Gasteiger partial charge in [0.15, 0.2) is 0 Å². The highest BCUT2D eigenvalue weighted by Crippen LogP contribution is 2.29. The van der Waals surface area contributed by atoms with E-state index in [1.165, 1.54) is 0 Å². The molecule has 1 amide bonds. The van der Waals surface area contributed by atoms with Crippen LogP contribution in [0.2, 0.25) is 0 Å². The molecule has 0 unspecified atom stereocenters. The Morgan fingerprint density at radius 3 is 2.90 bits per heavy atom. The Labute approximate surface area is 122 Å². The van der Waals surface area contributed by atoms with Crippen molar-refractivity contribution in [3.63, 3.8) is 0 Å². The van der Waals surface area contributed by atoms with Crippen molar-refractivity contribution in [1.29, 1.82) is 0 Å². The molecule has 6 heteroatoms. The van der Waals surface area contributed by atoms with Gasteiger partial charge in [-0.15, -0.1) is 0 Å². The monoisotopic (exact) mass is 290 g/mol. The van der Waals surface area contributed by atoms with E-state index in [9.17, 15) is 4.79 Å². The molecule has 0 fully saturated rings. The lowest BCUT2D eigenvalue weighted by atomic mass is 10.1. The maximum atomic E-state index is 12.1. The van der Waals surface area contributed by atoms with Crippen molar-refractivity contribution in [3.8, 4) is 11.4 Å². The third-order valence-electron chi connectivity index (χ3n) is 2.85. The summed E-state index contributed by atoms with van der Waals surface area (Å²) in [6.45, 7) is 4.88. The minimum absolute atomic E-state index is 0.164. The van der Waals surface area contributed by atoms with Crippen molar-refractivity contribution in [2.24, 2.45) is 5.92 Å². The molecule has 5 nitrogen and oxygen atoms in total. The van der Waals surface area contributed by atoms with Crippen molar-refractivity contribution in [3.05, 3.63) is 29.3 Å². The number of nitrogen functional groups attached to an aromatic ring is 1. The van der Waals surface area contributed by atoms with Crippen LogP contribution >= 0.6 is 11.5 Å².